The Kier molecular flexibility index (Phi) is 8.04. The zero-order valence-electron chi connectivity index (χ0n) is 23.6. The molecule has 0 unspecified atom stereocenters. The summed E-state index contributed by atoms with van der Waals surface area (Å²) >= 11 is 1.61. The molecule has 5 aromatic rings. The number of methoxy groups -OCH3 is 1. The van der Waals surface area contributed by atoms with Crippen molar-refractivity contribution in [3.8, 4) is 22.8 Å². The van der Waals surface area contributed by atoms with Gasteiger partial charge in [0.05, 0.1) is 47.6 Å². The average molecular weight is 585 g/mol. The molecule has 1 aliphatic rings. The second-order valence-electron chi connectivity index (χ2n) is 9.87. The third kappa shape index (κ3) is 5.67. The van der Waals surface area contributed by atoms with Crippen molar-refractivity contribution in [2.75, 3.05) is 57.2 Å². The van der Waals surface area contributed by atoms with E-state index in [9.17, 15) is 4.79 Å². The van der Waals surface area contributed by atoms with Gasteiger partial charge in [0.2, 0.25) is 11.9 Å². The van der Waals surface area contributed by atoms with Crippen molar-refractivity contribution < 1.29 is 19.0 Å². The second-order valence-corrected chi connectivity index (χ2v) is 10.8. The molecular formula is C31H32N6O4S. The monoisotopic (exact) mass is 584 g/mol. The highest BCUT2D eigenvalue weighted by Crippen LogP contribution is 2.40. The van der Waals surface area contributed by atoms with Crippen LogP contribution >= 0.6 is 11.3 Å². The molecule has 11 heteroatoms. The highest BCUT2D eigenvalue weighted by Gasteiger charge is 2.19. The summed E-state index contributed by atoms with van der Waals surface area (Å²) in [5.74, 6) is 1.07. The SMILES string of the molecule is C=CC(=O)Nc1cc(Nc2nc(-c3cn(C)c4ccccc34)c3sccc3n2)c(OC)cc1OCCN1CCOCC1. The lowest BCUT2D eigenvalue weighted by atomic mass is 10.1. The van der Waals surface area contributed by atoms with Crippen LogP contribution in [0.25, 0.3) is 32.4 Å². The molecule has 0 bridgehead atoms. The van der Waals surface area contributed by atoms with Gasteiger partial charge >= 0.3 is 0 Å². The first kappa shape index (κ1) is 27.7. The fourth-order valence-electron chi connectivity index (χ4n) is 5.09. The number of para-hydroxylation sites is 1. The first-order valence-electron chi connectivity index (χ1n) is 13.7. The van der Waals surface area contributed by atoms with E-state index in [0.717, 1.165) is 65.2 Å². The molecule has 216 valence electrons. The molecule has 0 spiro atoms. The molecule has 6 rings (SSSR count). The Morgan fingerprint density at radius 2 is 1.98 bits per heavy atom. The number of nitrogens with one attached hydrogen (secondary N) is 2. The molecule has 0 radical (unpaired) electrons. The van der Waals surface area contributed by atoms with E-state index in [1.165, 1.54) is 6.08 Å². The van der Waals surface area contributed by atoms with E-state index in [-0.39, 0.29) is 5.91 Å². The van der Waals surface area contributed by atoms with Crippen molar-refractivity contribution in [1.29, 1.82) is 0 Å². The molecule has 0 atom stereocenters. The predicted molar refractivity (Wildman–Crippen MR) is 167 cm³/mol. The van der Waals surface area contributed by atoms with E-state index in [1.807, 2.05) is 30.6 Å². The number of hydrogen-bond acceptors (Lipinski definition) is 9. The molecular weight excluding hydrogens is 552 g/mol. The Labute approximate surface area is 247 Å². The van der Waals surface area contributed by atoms with E-state index in [1.54, 1.807) is 30.6 Å². The van der Waals surface area contributed by atoms with Crippen LogP contribution in [0.4, 0.5) is 17.3 Å². The van der Waals surface area contributed by atoms with Gasteiger partial charge in [0.15, 0.2) is 0 Å². The summed E-state index contributed by atoms with van der Waals surface area (Å²) in [6.45, 7) is 7.94. The highest BCUT2D eigenvalue weighted by molar-refractivity contribution is 7.17. The molecule has 1 amide bonds. The molecule has 0 saturated carbocycles. The minimum absolute atomic E-state index is 0.349. The normalized spacial score (nSPS) is 13.8. The van der Waals surface area contributed by atoms with Gasteiger partial charge in [0, 0.05) is 55.4 Å². The quantitative estimate of drug-likeness (QED) is 0.209. The number of carbonyl (C=O) groups is 1. The Morgan fingerprint density at radius 3 is 2.79 bits per heavy atom. The summed E-state index contributed by atoms with van der Waals surface area (Å²) in [5.41, 5.74) is 4.89. The van der Waals surface area contributed by atoms with Gasteiger partial charge in [0.1, 0.15) is 18.1 Å². The van der Waals surface area contributed by atoms with Gasteiger partial charge in [-0.05, 0) is 29.7 Å². The molecule has 10 nitrogen and oxygen atoms in total. The van der Waals surface area contributed by atoms with Gasteiger partial charge in [0.25, 0.3) is 0 Å². The second kappa shape index (κ2) is 12.2. The van der Waals surface area contributed by atoms with Crippen LogP contribution in [0.3, 0.4) is 0 Å². The summed E-state index contributed by atoms with van der Waals surface area (Å²) in [5, 5.41) is 9.33. The largest absolute Gasteiger partial charge is 0.494 e. The van der Waals surface area contributed by atoms with Crippen LogP contribution in [0, 0.1) is 0 Å². The van der Waals surface area contributed by atoms with Crippen molar-refractivity contribution in [3.05, 3.63) is 66.7 Å². The molecule has 4 heterocycles. The molecule has 3 aromatic heterocycles. The maximum Gasteiger partial charge on any atom is 0.247 e. The number of ether oxygens (including phenoxy) is 3. The van der Waals surface area contributed by atoms with Gasteiger partial charge in [-0.15, -0.1) is 11.3 Å². The van der Waals surface area contributed by atoms with Crippen molar-refractivity contribution in [3.63, 3.8) is 0 Å². The zero-order valence-corrected chi connectivity index (χ0v) is 24.4. The van der Waals surface area contributed by atoms with E-state index in [0.29, 0.717) is 35.4 Å². The first-order chi connectivity index (χ1) is 20.5. The summed E-state index contributed by atoms with van der Waals surface area (Å²) < 4.78 is 20.4. The topological polar surface area (TPSA) is 103 Å². The smallest absolute Gasteiger partial charge is 0.247 e. The number of anilines is 3. The van der Waals surface area contributed by atoms with Crippen LogP contribution in [0.15, 0.2) is 66.7 Å². The minimum atomic E-state index is -0.349. The standard InChI is InChI=1S/C31H32N6O4S/c1-4-28(38)32-24-17-23(26(39-3)18-27(24)41-15-12-37-10-13-40-14-11-37)34-31-33-22-9-16-42-30(22)29(35-31)21-19-36(2)25-8-6-5-7-20(21)25/h4-9,16-19H,1,10-15H2,2-3H3,(H,32,38)(H,33,34,35). The summed E-state index contributed by atoms with van der Waals surface area (Å²) in [4.78, 5) is 24.4. The fourth-order valence-corrected chi connectivity index (χ4v) is 5.93. The number of rotatable bonds is 10. The highest BCUT2D eigenvalue weighted by atomic mass is 32.1. The molecule has 1 fully saturated rings. The van der Waals surface area contributed by atoms with Crippen molar-refractivity contribution in [2.45, 2.75) is 0 Å². The van der Waals surface area contributed by atoms with Crippen molar-refractivity contribution in [1.82, 2.24) is 19.4 Å². The number of morpholine rings is 1. The van der Waals surface area contributed by atoms with Gasteiger partial charge in [-0.2, -0.15) is 0 Å². The third-order valence-corrected chi connectivity index (χ3v) is 8.13. The van der Waals surface area contributed by atoms with Crippen molar-refractivity contribution >= 4 is 55.7 Å². The maximum absolute atomic E-state index is 12.3. The van der Waals surface area contributed by atoms with E-state index >= 15 is 0 Å². The Hall–Kier alpha value is -4.45. The number of aryl methyl sites for hydroxylation is 1. The lowest BCUT2D eigenvalue weighted by Crippen LogP contribution is -2.38. The lowest BCUT2D eigenvalue weighted by molar-refractivity contribution is -0.111. The molecule has 2 N–H and O–H groups in total. The molecule has 1 saturated heterocycles. The van der Waals surface area contributed by atoms with Gasteiger partial charge in [-0.1, -0.05) is 24.8 Å². The Morgan fingerprint density at radius 1 is 1.14 bits per heavy atom. The molecule has 2 aromatic carbocycles. The third-order valence-electron chi connectivity index (χ3n) is 7.22. The summed E-state index contributed by atoms with van der Waals surface area (Å²) in [7, 11) is 3.62. The van der Waals surface area contributed by atoms with Gasteiger partial charge in [-0.25, -0.2) is 9.97 Å². The number of nitrogens with zero attached hydrogens (tertiary/aromatic N) is 4. The van der Waals surface area contributed by atoms with Gasteiger partial charge < -0.3 is 29.4 Å². The number of aromatic nitrogens is 3. The van der Waals surface area contributed by atoms with E-state index in [4.69, 9.17) is 24.2 Å². The Bertz CT molecular complexity index is 1760. The minimum Gasteiger partial charge on any atom is -0.494 e. The maximum atomic E-state index is 12.3. The predicted octanol–water partition coefficient (Wildman–Crippen LogP) is 5.44. The van der Waals surface area contributed by atoms with Crippen molar-refractivity contribution in [2.24, 2.45) is 7.05 Å². The average Bonchev–Trinajstić information content (AvgIpc) is 3.62. The van der Waals surface area contributed by atoms with Crippen LogP contribution < -0.4 is 20.1 Å². The number of fused-ring (bicyclic) bond motifs is 2. The van der Waals surface area contributed by atoms with Crippen LogP contribution in [-0.4, -0.2) is 71.9 Å². The van der Waals surface area contributed by atoms with Gasteiger partial charge in [-0.3, -0.25) is 9.69 Å². The fraction of sp³-hybridized carbons (Fsp3) is 0.258. The molecule has 1 aliphatic heterocycles. The van der Waals surface area contributed by atoms with Crippen LogP contribution in [0.5, 0.6) is 11.5 Å². The number of carbonyl (C=O) groups excluding carboxylic acids is 1. The first-order valence-corrected chi connectivity index (χ1v) is 14.6. The lowest BCUT2D eigenvalue weighted by Gasteiger charge is -2.26. The molecule has 42 heavy (non-hydrogen) atoms. The van der Waals surface area contributed by atoms with Crippen LogP contribution in [-0.2, 0) is 16.6 Å². The molecule has 0 aliphatic carbocycles. The number of thiophene rings is 1. The van der Waals surface area contributed by atoms with E-state index in [2.05, 4.69) is 45.0 Å². The number of amides is 1. The Balaban J connectivity index is 1.34. The summed E-state index contributed by atoms with van der Waals surface area (Å²) in [6.07, 6.45) is 3.32. The van der Waals surface area contributed by atoms with Crippen LogP contribution in [0.2, 0.25) is 0 Å². The zero-order chi connectivity index (χ0) is 29.1. The van der Waals surface area contributed by atoms with E-state index < -0.39 is 0 Å². The number of hydrogen-bond donors (Lipinski definition) is 2. The van der Waals surface area contributed by atoms with Crippen LogP contribution in [0.1, 0.15) is 0 Å². The number of benzene rings is 2. The summed E-state index contributed by atoms with van der Waals surface area (Å²) in [6, 6.07) is 13.8.